The van der Waals surface area contributed by atoms with E-state index < -0.39 is 23.3 Å². The Kier molecular flexibility index (Phi) is 5.50. The first-order valence-corrected chi connectivity index (χ1v) is 6.19. The standard InChI is InChI=1S/C12H18N2O5/c1-2-3-4-9(11(17)18)14-7-8(5-6-15)10(16)13-12(14)19/h7,9,15H,2-6H2,1H3,(H,17,18)(H,13,16,19). The van der Waals surface area contributed by atoms with Crippen LogP contribution in [-0.2, 0) is 11.2 Å². The van der Waals surface area contributed by atoms with Gasteiger partial charge in [-0.25, -0.2) is 9.59 Å². The van der Waals surface area contributed by atoms with E-state index in [1.807, 2.05) is 6.92 Å². The molecule has 1 rings (SSSR count). The van der Waals surface area contributed by atoms with E-state index in [2.05, 4.69) is 4.98 Å². The van der Waals surface area contributed by atoms with E-state index in [1.54, 1.807) is 0 Å². The molecule has 0 aliphatic rings. The van der Waals surface area contributed by atoms with E-state index in [0.29, 0.717) is 12.8 Å². The second-order valence-electron chi connectivity index (χ2n) is 4.29. The second kappa shape index (κ2) is 6.89. The molecule has 1 aromatic rings. The Morgan fingerprint density at radius 2 is 2.16 bits per heavy atom. The molecule has 0 aliphatic carbocycles. The Morgan fingerprint density at radius 3 is 2.68 bits per heavy atom. The smallest absolute Gasteiger partial charge is 0.329 e. The first-order valence-electron chi connectivity index (χ1n) is 6.19. The first kappa shape index (κ1) is 15.2. The highest BCUT2D eigenvalue weighted by Crippen LogP contribution is 2.13. The van der Waals surface area contributed by atoms with Crippen molar-refractivity contribution < 1.29 is 15.0 Å². The monoisotopic (exact) mass is 270 g/mol. The molecule has 0 radical (unpaired) electrons. The van der Waals surface area contributed by atoms with Gasteiger partial charge < -0.3 is 10.2 Å². The van der Waals surface area contributed by atoms with Gasteiger partial charge >= 0.3 is 11.7 Å². The summed E-state index contributed by atoms with van der Waals surface area (Å²) in [5, 5.41) is 18.0. The zero-order valence-corrected chi connectivity index (χ0v) is 10.8. The van der Waals surface area contributed by atoms with Gasteiger partial charge in [-0.05, 0) is 6.42 Å². The minimum Gasteiger partial charge on any atom is -0.480 e. The van der Waals surface area contributed by atoms with Crippen LogP contribution in [0.2, 0.25) is 0 Å². The molecule has 0 spiro atoms. The highest BCUT2D eigenvalue weighted by molar-refractivity contribution is 5.71. The number of rotatable bonds is 7. The molecular formula is C12H18N2O5. The van der Waals surface area contributed by atoms with Crippen molar-refractivity contribution in [3.8, 4) is 0 Å². The quantitative estimate of drug-likeness (QED) is 0.639. The fourth-order valence-electron chi connectivity index (χ4n) is 1.84. The molecule has 0 fully saturated rings. The molecule has 0 saturated heterocycles. The van der Waals surface area contributed by atoms with Gasteiger partial charge in [0.05, 0.1) is 0 Å². The molecular weight excluding hydrogens is 252 g/mol. The molecule has 1 atom stereocenters. The highest BCUT2D eigenvalue weighted by atomic mass is 16.4. The van der Waals surface area contributed by atoms with Gasteiger partial charge in [0.2, 0.25) is 0 Å². The Labute approximate surface area is 109 Å². The summed E-state index contributed by atoms with van der Waals surface area (Å²) in [5.41, 5.74) is -1.13. The molecule has 0 aromatic carbocycles. The molecule has 1 heterocycles. The van der Waals surface area contributed by atoms with E-state index in [0.717, 1.165) is 11.0 Å². The molecule has 106 valence electrons. The summed E-state index contributed by atoms with van der Waals surface area (Å²) in [4.78, 5) is 36.4. The van der Waals surface area contributed by atoms with Crippen molar-refractivity contribution >= 4 is 5.97 Å². The number of hydrogen-bond acceptors (Lipinski definition) is 4. The lowest BCUT2D eigenvalue weighted by Gasteiger charge is -2.15. The first-order chi connectivity index (χ1) is 9.01. The average Bonchev–Trinajstić information content (AvgIpc) is 2.34. The Hall–Kier alpha value is -1.89. The number of nitrogens with one attached hydrogen (secondary N) is 1. The van der Waals surface area contributed by atoms with Crippen LogP contribution in [0.5, 0.6) is 0 Å². The predicted molar refractivity (Wildman–Crippen MR) is 68.3 cm³/mol. The van der Waals surface area contributed by atoms with E-state index in [4.69, 9.17) is 10.2 Å². The highest BCUT2D eigenvalue weighted by Gasteiger charge is 2.21. The maximum Gasteiger partial charge on any atom is 0.329 e. The molecule has 0 amide bonds. The summed E-state index contributed by atoms with van der Waals surface area (Å²) in [7, 11) is 0. The van der Waals surface area contributed by atoms with E-state index >= 15 is 0 Å². The summed E-state index contributed by atoms with van der Waals surface area (Å²) in [6.45, 7) is 1.68. The topological polar surface area (TPSA) is 112 Å². The number of aliphatic carboxylic acids is 1. The number of aliphatic hydroxyl groups is 1. The van der Waals surface area contributed by atoms with Crippen LogP contribution in [0, 0.1) is 0 Å². The largest absolute Gasteiger partial charge is 0.480 e. The van der Waals surface area contributed by atoms with Crippen molar-refractivity contribution in [1.29, 1.82) is 0 Å². The Morgan fingerprint density at radius 1 is 1.47 bits per heavy atom. The van der Waals surface area contributed by atoms with Crippen LogP contribution in [0.25, 0.3) is 0 Å². The van der Waals surface area contributed by atoms with Gasteiger partial charge in [0.1, 0.15) is 6.04 Å². The lowest BCUT2D eigenvalue weighted by atomic mass is 10.1. The minimum absolute atomic E-state index is 0.0791. The molecule has 19 heavy (non-hydrogen) atoms. The van der Waals surface area contributed by atoms with Crippen LogP contribution < -0.4 is 11.2 Å². The van der Waals surface area contributed by atoms with Gasteiger partial charge in [-0.3, -0.25) is 14.3 Å². The van der Waals surface area contributed by atoms with Crippen molar-refractivity contribution in [1.82, 2.24) is 9.55 Å². The zero-order valence-electron chi connectivity index (χ0n) is 10.8. The van der Waals surface area contributed by atoms with Crippen molar-refractivity contribution in [3.05, 3.63) is 32.6 Å². The number of carboxylic acid groups (broad SMARTS) is 1. The van der Waals surface area contributed by atoms with Crippen LogP contribution in [0.15, 0.2) is 15.8 Å². The maximum atomic E-state index is 11.7. The SMILES string of the molecule is CCCCC(C(=O)O)n1cc(CCO)c(=O)[nH]c1=O. The van der Waals surface area contributed by atoms with Crippen LogP contribution in [0.3, 0.4) is 0 Å². The third-order valence-electron chi connectivity index (χ3n) is 2.87. The summed E-state index contributed by atoms with van der Waals surface area (Å²) in [5.74, 6) is -1.11. The number of unbranched alkanes of at least 4 members (excludes halogenated alkanes) is 1. The number of carboxylic acids is 1. The number of hydrogen-bond donors (Lipinski definition) is 3. The van der Waals surface area contributed by atoms with Crippen LogP contribution in [0.4, 0.5) is 0 Å². The fourth-order valence-corrected chi connectivity index (χ4v) is 1.84. The summed E-state index contributed by atoms with van der Waals surface area (Å²) in [6.07, 6.45) is 3.10. The number of carbonyl (C=O) groups is 1. The average molecular weight is 270 g/mol. The van der Waals surface area contributed by atoms with Gasteiger partial charge in [-0.1, -0.05) is 19.8 Å². The number of H-pyrrole nitrogens is 1. The predicted octanol–water partition coefficient (Wildman–Crippen LogP) is -0.113. The van der Waals surface area contributed by atoms with Gasteiger partial charge in [0.25, 0.3) is 5.56 Å². The Bertz CT molecular complexity index is 546. The van der Waals surface area contributed by atoms with Crippen molar-refractivity contribution in [2.45, 2.75) is 38.6 Å². The van der Waals surface area contributed by atoms with Gasteiger partial charge in [-0.2, -0.15) is 0 Å². The zero-order chi connectivity index (χ0) is 14.4. The lowest BCUT2D eigenvalue weighted by molar-refractivity contribution is -0.141. The molecule has 7 nitrogen and oxygen atoms in total. The van der Waals surface area contributed by atoms with Crippen LogP contribution in [0.1, 0.15) is 37.8 Å². The molecule has 0 saturated carbocycles. The van der Waals surface area contributed by atoms with Crippen LogP contribution >= 0.6 is 0 Å². The van der Waals surface area contributed by atoms with E-state index in [-0.39, 0.29) is 18.6 Å². The van der Waals surface area contributed by atoms with Gasteiger partial charge in [0, 0.05) is 24.8 Å². The fraction of sp³-hybridized carbons (Fsp3) is 0.583. The molecule has 0 bridgehead atoms. The van der Waals surface area contributed by atoms with Gasteiger partial charge in [-0.15, -0.1) is 0 Å². The summed E-state index contributed by atoms with van der Waals surface area (Å²) < 4.78 is 1.02. The number of aromatic amines is 1. The molecule has 3 N–H and O–H groups in total. The normalized spacial score (nSPS) is 12.3. The van der Waals surface area contributed by atoms with Crippen LogP contribution in [-0.4, -0.2) is 32.3 Å². The molecule has 1 unspecified atom stereocenters. The lowest BCUT2D eigenvalue weighted by Crippen LogP contribution is -2.36. The Balaban J connectivity index is 3.22. The van der Waals surface area contributed by atoms with Crippen molar-refractivity contribution in [2.75, 3.05) is 6.61 Å². The number of aromatic nitrogens is 2. The number of aliphatic hydroxyl groups excluding tert-OH is 1. The summed E-state index contributed by atoms with van der Waals surface area (Å²) >= 11 is 0. The van der Waals surface area contributed by atoms with E-state index in [1.165, 1.54) is 6.20 Å². The maximum absolute atomic E-state index is 11.7. The summed E-state index contributed by atoms with van der Waals surface area (Å²) in [6, 6.07) is -0.998. The molecule has 7 heteroatoms. The molecule has 1 aromatic heterocycles. The second-order valence-corrected chi connectivity index (χ2v) is 4.29. The van der Waals surface area contributed by atoms with Crippen molar-refractivity contribution in [3.63, 3.8) is 0 Å². The third kappa shape index (κ3) is 3.78. The third-order valence-corrected chi connectivity index (χ3v) is 2.87. The van der Waals surface area contributed by atoms with E-state index in [9.17, 15) is 14.4 Å². The molecule has 0 aliphatic heterocycles. The van der Waals surface area contributed by atoms with Gasteiger partial charge in [0.15, 0.2) is 0 Å². The minimum atomic E-state index is -1.11. The number of nitrogens with zero attached hydrogens (tertiary/aromatic N) is 1. The van der Waals surface area contributed by atoms with Crippen molar-refractivity contribution in [2.24, 2.45) is 0 Å².